The van der Waals surface area contributed by atoms with Gasteiger partial charge in [0.25, 0.3) is 0 Å². The van der Waals surface area contributed by atoms with E-state index in [-0.39, 0.29) is 11.5 Å². The smallest absolute Gasteiger partial charge is 0.329 e. The zero-order chi connectivity index (χ0) is 13.4. The highest BCUT2D eigenvalue weighted by Gasteiger charge is 2.44. The monoisotopic (exact) mass is 275 g/mol. The SMILES string of the molecule is O=C(NC1(C(=O)O)CCCC1)C1CCS(=O)(=O)C1. The van der Waals surface area contributed by atoms with E-state index in [1.54, 1.807) is 0 Å². The summed E-state index contributed by atoms with van der Waals surface area (Å²) >= 11 is 0. The molecule has 2 rings (SSSR count). The van der Waals surface area contributed by atoms with Crippen LogP contribution in [0.25, 0.3) is 0 Å². The first-order valence-corrected chi connectivity index (χ1v) is 7.93. The lowest BCUT2D eigenvalue weighted by molar-refractivity contribution is -0.148. The minimum absolute atomic E-state index is 0.0190. The van der Waals surface area contributed by atoms with Crippen LogP contribution in [0.4, 0.5) is 0 Å². The third kappa shape index (κ3) is 2.50. The molecule has 0 aromatic rings. The summed E-state index contributed by atoms with van der Waals surface area (Å²) in [5.74, 6) is -2.18. The first-order chi connectivity index (χ1) is 8.35. The van der Waals surface area contributed by atoms with Gasteiger partial charge in [-0.05, 0) is 19.3 Å². The Morgan fingerprint density at radius 1 is 1.22 bits per heavy atom. The molecule has 6 nitrogen and oxygen atoms in total. The maximum absolute atomic E-state index is 12.0. The fraction of sp³-hybridized carbons (Fsp3) is 0.818. The Bertz CT molecular complexity index is 464. The second-order valence-corrected chi connectivity index (χ2v) is 7.41. The van der Waals surface area contributed by atoms with E-state index >= 15 is 0 Å². The molecular weight excluding hydrogens is 258 g/mol. The van der Waals surface area contributed by atoms with Gasteiger partial charge in [-0.1, -0.05) is 12.8 Å². The molecule has 1 atom stereocenters. The van der Waals surface area contributed by atoms with Gasteiger partial charge in [0.1, 0.15) is 5.54 Å². The van der Waals surface area contributed by atoms with E-state index in [1.165, 1.54) is 0 Å². The van der Waals surface area contributed by atoms with Crippen LogP contribution in [0.5, 0.6) is 0 Å². The summed E-state index contributed by atoms with van der Waals surface area (Å²) in [6.07, 6.45) is 2.69. The van der Waals surface area contributed by atoms with Crippen LogP contribution in [-0.4, -0.2) is 42.4 Å². The number of amides is 1. The van der Waals surface area contributed by atoms with E-state index in [0.717, 1.165) is 12.8 Å². The summed E-state index contributed by atoms with van der Waals surface area (Å²) in [5.41, 5.74) is -1.18. The van der Waals surface area contributed by atoms with Crippen LogP contribution in [0.2, 0.25) is 0 Å². The summed E-state index contributed by atoms with van der Waals surface area (Å²) in [7, 11) is -3.12. The Kier molecular flexibility index (Phi) is 3.35. The molecule has 18 heavy (non-hydrogen) atoms. The Balaban J connectivity index is 2.05. The molecule has 0 spiro atoms. The minimum Gasteiger partial charge on any atom is -0.480 e. The van der Waals surface area contributed by atoms with Crippen molar-refractivity contribution in [2.45, 2.75) is 37.6 Å². The van der Waals surface area contributed by atoms with Crippen molar-refractivity contribution in [1.29, 1.82) is 0 Å². The van der Waals surface area contributed by atoms with E-state index in [2.05, 4.69) is 5.32 Å². The average Bonchev–Trinajstić information content (AvgIpc) is 2.85. The molecular formula is C11H17NO5S. The number of carboxylic acid groups (broad SMARTS) is 1. The summed E-state index contributed by atoms with van der Waals surface area (Å²) in [4.78, 5) is 23.2. The lowest BCUT2D eigenvalue weighted by Gasteiger charge is -2.26. The highest BCUT2D eigenvalue weighted by molar-refractivity contribution is 7.91. The van der Waals surface area contributed by atoms with Gasteiger partial charge in [-0.3, -0.25) is 4.79 Å². The van der Waals surface area contributed by atoms with Gasteiger partial charge in [0.2, 0.25) is 5.91 Å². The molecule has 2 aliphatic rings. The Hall–Kier alpha value is -1.11. The zero-order valence-electron chi connectivity index (χ0n) is 10.0. The molecule has 1 aliphatic heterocycles. The van der Waals surface area contributed by atoms with Gasteiger partial charge in [0, 0.05) is 0 Å². The summed E-state index contributed by atoms with van der Waals surface area (Å²) in [6.45, 7) is 0. The van der Waals surface area contributed by atoms with Crippen molar-refractivity contribution >= 4 is 21.7 Å². The van der Waals surface area contributed by atoms with Crippen molar-refractivity contribution in [1.82, 2.24) is 5.32 Å². The van der Waals surface area contributed by atoms with E-state index in [1.807, 2.05) is 0 Å². The largest absolute Gasteiger partial charge is 0.480 e. The maximum atomic E-state index is 12.0. The number of carboxylic acids is 1. The van der Waals surface area contributed by atoms with Gasteiger partial charge in [-0.2, -0.15) is 0 Å². The van der Waals surface area contributed by atoms with Crippen LogP contribution in [0, 0.1) is 5.92 Å². The van der Waals surface area contributed by atoms with Crippen molar-refractivity contribution in [3.05, 3.63) is 0 Å². The number of hydrogen-bond donors (Lipinski definition) is 2. The van der Waals surface area contributed by atoms with Gasteiger partial charge in [-0.15, -0.1) is 0 Å². The molecule has 2 N–H and O–H groups in total. The van der Waals surface area contributed by atoms with Crippen LogP contribution in [0.3, 0.4) is 0 Å². The van der Waals surface area contributed by atoms with Crippen molar-refractivity contribution in [2.24, 2.45) is 5.92 Å². The van der Waals surface area contributed by atoms with Gasteiger partial charge >= 0.3 is 5.97 Å². The lowest BCUT2D eigenvalue weighted by atomic mass is 9.96. The van der Waals surface area contributed by atoms with E-state index in [9.17, 15) is 23.1 Å². The number of carbonyl (C=O) groups is 2. The van der Waals surface area contributed by atoms with Crippen LogP contribution < -0.4 is 5.32 Å². The first-order valence-electron chi connectivity index (χ1n) is 6.10. The van der Waals surface area contributed by atoms with Gasteiger partial charge in [0.05, 0.1) is 17.4 Å². The highest BCUT2D eigenvalue weighted by atomic mass is 32.2. The standard InChI is InChI=1S/C11H17NO5S/c13-9(8-3-6-18(16,17)7-8)12-11(10(14)15)4-1-2-5-11/h8H,1-7H2,(H,12,13)(H,14,15). The van der Waals surface area contributed by atoms with Crippen molar-refractivity contribution < 1.29 is 23.1 Å². The molecule has 102 valence electrons. The van der Waals surface area contributed by atoms with Gasteiger partial charge in [0.15, 0.2) is 9.84 Å². The predicted molar refractivity (Wildman–Crippen MR) is 63.7 cm³/mol. The molecule has 0 aromatic carbocycles. The average molecular weight is 275 g/mol. The molecule has 1 saturated carbocycles. The molecule has 1 heterocycles. The van der Waals surface area contributed by atoms with Crippen molar-refractivity contribution in [3.8, 4) is 0 Å². The quantitative estimate of drug-likeness (QED) is 0.751. The molecule has 1 amide bonds. The number of nitrogens with one attached hydrogen (secondary N) is 1. The second-order valence-electron chi connectivity index (χ2n) is 5.18. The van der Waals surface area contributed by atoms with Crippen molar-refractivity contribution in [3.63, 3.8) is 0 Å². The lowest BCUT2D eigenvalue weighted by Crippen LogP contribution is -2.54. The number of sulfone groups is 1. The molecule has 0 bridgehead atoms. The minimum atomic E-state index is -3.12. The van der Waals surface area contributed by atoms with E-state index in [0.29, 0.717) is 19.3 Å². The number of carbonyl (C=O) groups excluding carboxylic acids is 1. The maximum Gasteiger partial charge on any atom is 0.329 e. The van der Waals surface area contributed by atoms with Gasteiger partial charge in [-0.25, -0.2) is 13.2 Å². The highest BCUT2D eigenvalue weighted by Crippen LogP contribution is 2.31. The molecule has 0 radical (unpaired) electrons. The normalized spacial score (nSPS) is 29.0. The molecule has 2 fully saturated rings. The number of rotatable bonds is 3. The van der Waals surface area contributed by atoms with Crippen LogP contribution in [-0.2, 0) is 19.4 Å². The summed E-state index contributed by atoms with van der Waals surface area (Å²) in [5, 5.41) is 11.8. The van der Waals surface area contributed by atoms with Crippen LogP contribution >= 0.6 is 0 Å². The first kappa shape index (κ1) is 13.3. The molecule has 0 aromatic heterocycles. The number of hydrogen-bond acceptors (Lipinski definition) is 4. The molecule has 1 unspecified atom stereocenters. The summed E-state index contributed by atoms with van der Waals surface area (Å²) in [6, 6.07) is 0. The third-order valence-electron chi connectivity index (χ3n) is 3.83. The van der Waals surface area contributed by atoms with E-state index in [4.69, 9.17) is 0 Å². The third-order valence-corrected chi connectivity index (χ3v) is 5.60. The predicted octanol–water partition coefficient (Wildman–Crippen LogP) is -0.0653. The molecule has 7 heteroatoms. The Morgan fingerprint density at radius 2 is 1.83 bits per heavy atom. The van der Waals surface area contributed by atoms with Crippen LogP contribution in [0.15, 0.2) is 0 Å². The summed E-state index contributed by atoms with van der Waals surface area (Å²) < 4.78 is 22.6. The van der Waals surface area contributed by atoms with Crippen molar-refractivity contribution in [2.75, 3.05) is 11.5 Å². The zero-order valence-corrected chi connectivity index (χ0v) is 10.8. The fourth-order valence-corrected chi connectivity index (χ4v) is 4.45. The fourth-order valence-electron chi connectivity index (χ4n) is 2.71. The number of aliphatic carboxylic acids is 1. The van der Waals surface area contributed by atoms with Crippen LogP contribution in [0.1, 0.15) is 32.1 Å². The molecule has 1 saturated heterocycles. The second kappa shape index (κ2) is 4.53. The molecule has 1 aliphatic carbocycles. The van der Waals surface area contributed by atoms with E-state index < -0.39 is 33.2 Å². The topological polar surface area (TPSA) is 101 Å². The Morgan fingerprint density at radius 3 is 2.28 bits per heavy atom. The Labute approximate surface area is 106 Å². The van der Waals surface area contributed by atoms with Gasteiger partial charge < -0.3 is 10.4 Å².